The number of likely N-dealkylation sites (N-methyl/N-ethyl adjacent to an activating group) is 1. The molecule has 17 heavy (non-hydrogen) atoms. The molecule has 1 amide bonds. The van der Waals surface area contributed by atoms with Gasteiger partial charge in [0.2, 0.25) is 5.91 Å². The van der Waals surface area contributed by atoms with E-state index in [1.165, 1.54) is 17.5 Å². The summed E-state index contributed by atoms with van der Waals surface area (Å²) in [6.07, 6.45) is 3.67. The highest BCUT2D eigenvalue weighted by Gasteiger charge is 2.16. The van der Waals surface area contributed by atoms with E-state index in [9.17, 15) is 4.79 Å². The third-order valence-electron chi connectivity index (χ3n) is 2.49. The fourth-order valence-corrected chi connectivity index (χ4v) is 2.15. The van der Waals surface area contributed by atoms with E-state index in [2.05, 4.69) is 22.2 Å². The lowest BCUT2D eigenvalue weighted by Gasteiger charge is -2.16. The van der Waals surface area contributed by atoms with Crippen molar-refractivity contribution in [3.8, 4) is 0 Å². The summed E-state index contributed by atoms with van der Waals surface area (Å²) in [5.41, 5.74) is 1.27. The average molecular weight is 252 g/mol. The van der Waals surface area contributed by atoms with Gasteiger partial charge in [0.05, 0.1) is 6.04 Å². The molecule has 0 radical (unpaired) electrons. The Balaban J connectivity index is 2.47. The second-order valence-electron chi connectivity index (χ2n) is 3.79. The SMILES string of the molecule is CCNC(=O)C(CCc1ccccc1)NSC. The van der Waals surface area contributed by atoms with Crippen LogP contribution >= 0.6 is 11.9 Å². The molecule has 1 aromatic rings. The fourth-order valence-electron chi connectivity index (χ4n) is 1.64. The van der Waals surface area contributed by atoms with Gasteiger partial charge in [-0.05, 0) is 31.6 Å². The van der Waals surface area contributed by atoms with Crippen LogP contribution in [0.2, 0.25) is 0 Å². The first-order valence-electron chi connectivity index (χ1n) is 5.88. The summed E-state index contributed by atoms with van der Waals surface area (Å²) in [4.78, 5) is 11.8. The lowest BCUT2D eigenvalue weighted by atomic mass is 10.1. The minimum atomic E-state index is -0.120. The van der Waals surface area contributed by atoms with E-state index in [0.29, 0.717) is 6.54 Å². The second-order valence-corrected chi connectivity index (χ2v) is 4.44. The molecule has 3 nitrogen and oxygen atoms in total. The van der Waals surface area contributed by atoms with Gasteiger partial charge in [-0.3, -0.25) is 9.52 Å². The van der Waals surface area contributed by atoms with Crippen LogP contribution in [-0.2, 0) is 11.2 Å². The maximum Gasteiger partial charge on any atom is 0.237 e. The molecule has 1 unspecified atom stereocenters. The Labute approximate surface area is 108 Å². The predicted octanol–water partition coefficient (Wildman–Crippen LogP) is 1.99. The van der Waals surface area contributed by atoms with E-state index < -0.39 is 0 Å². The zero-order valence-electron chi connectivity index (χ0n) is 10.4. The van der Waals surface area contributed by atoms with Gasteiger partial charge in [0, 0.05) is 6.54 Å². The molecule has 0 aliphatic carbocycles. The molecule has 0 aliphatic heterocycles. The van der Waals surface area contributed by atoms with E-state index in [1.807, 2.05) is 31.4 Å². The molecule has 0 spiro atoms. The van der Waals surface area contributed by atoms with E-state index in [1.54, 1.807) is 0 Å². The van der Waals surface area contributed by atoms with Crippen molar-refractivity contribution >= 4 is 17.9 Å². The van der Waals surface area contributed by atoms with Gasteiger partial charge in [0.15, 0.2) is 0 Å². The summed E-state index contributed by atoms with van der Waals surface area (Å²) in [6.45, 7) is 2.61. The second kappa shape index (κ2) is 8.14. The van der Waals surface area contributed by atoms with Crippen LogP contribution in [0.3, 0.4) is 0 Å². The molecule has 0 aromatic heterocycles. The summed E-state index contributed by atoms with van der Waals surface area (Å²) >= 11 is 1.49. The van der Waals surface area contributed by atoms with Crippen LogP contribution in [0.5, 0.6) is 0 Å². The summed E-state index contributed by atoms with van der Waals surface area (Å²) in [7, 11) is 0. The molecular weight excluding hydrogens is 232 g/mol. The van der Waals surface area contributed by atoms with E-state index >= 15 is 0 Å². The standard InChI is InChI=1S/C13H20N2OS/c1-3-14-13(16)12(15-17-2)10-9-11-7-5-4-6-8-11/h4-8,12,15H,3,9-10H2,1-2H3,(H,14,16). The third kappa shape index (κ3) is 5.24. The minimum Gasteiger partial charge on any atom is -0.355 e. The lowest BCUT2D eigenvalue weighted by molar-refractivity contribution is -0.122. The molecule has 0 saturated carbocycles. The van der Waals surface area contributed by atoms with Gasteiger partial charge < -0.3 is 5.32 Å². The highest BCUT2D eigenvalue weighted by Crippen LogP contribution is 2.06. The maximum absolute atomic E-state index is 11.8. The van der Waals surface area contributed by atoms with Crippen molar-refractivity contribution in [2.45, 2.75) is 25.8 Å². The first kappa shape index (κ1) is 14.1. The number of carbonyl (C=O) groups is 1. The van der Waals surface area contributed by atoms with Crippen molar-refractivity contribution in [2.24, 2.45) is 0 Å². The number of benzene rings is 1. The van der Waals surface area contributed by atoms with Gasteiger partial charge in [-0.15, -0.1) is 0 Å². The topological polar surface area (TPSA) is 41.1 Å². The molecular formula is C13H20N2OS. The monoisotopic (exact) mass is 252 g/mol. The largest absolute Gasteiger partial charge is 0.355 e. The van der Waals surface area contributed by atoms with E-state index in [0.717, 1.165) is 12.8 Å². The number of carbonyl (C=O) groups excluding carboxylic acids is 1. The Kier molecular flexibility index (Phi) is 6.74. The fraction of sp³-hybridized carbons (Fsp3) is 0.462. The normalized spacial score (nSPS) is 12.1. The van der Waals surface area contributed by atoms with Crippen LogP contribution in [-0.4, -0.2) is 24.7 Å². The van der Waals surface area contributed by atoms with Crippen molar-refractivity contribution in [1.82, 2.24) is 10.0 Å². The van der Waals surface area contributed by atoms with Gasteiger partial charge in [-0.25, -0.2) is 0 Å². The molecule has 1 aromatic carbocycles. The van der Waals surface area contributed by atoms with Crippen LogP contribution in [0.4, 0.5) is 0 Å². The molecule has 1 atom stereocenters. The Morgan fingerprint density at radius 1 is 1.35 bits per heavy atom. The molecule has 4 heteroatoms. The van der Waals surface area contributed by atoms with Gasteiger partial charge >= 0.3 is 0 Å². The summed E-state index contributed by atoms with van der Waals surface area (Å²) < 4.78 is 3.14. The number of hydrogen-bond donors (Lipinski definition) is 2. The lowest BCUT2D eigenvalue weighted by Crippen LogP contribution is -2.41. The van der Waals surface area contributed by atoms with Crippen LogP contribution in [0.25, 0.3) is 0 Å². The van der Waals surface area contributed by atoms with Crippen molar-refractivity contribution in [3.05, 3.63) is 35.9 Å². The Morgan fingerprint density at radius 2 is 2.06 bits per heavy atom. The Morgan fingerprint density at radius 3 is 2.65 bits per heavy atom. The van der Waals surface area contributed by atoms with Crippen molar-refractivity contribution in [3.63, 3.8) is 0 Å². The van der Waals surface area contributed by atoms with Crippen molar-refractivity contribution < 1.29 is 4.79 Å². The molecule has 2 N–H and O–H groups in total. The first-order chi connectivity index (χ1) is 8.27. The molecule has 0 saturated heterocycles. The van der Waals surface area contributed by atoms with Crippen LogP contribution < -0.4 is 10.0 Å². The Bertz CT molecular complexity index is 329. The zero-order valence-corrected chi connectivity index (χ0v) is 11.2. The minimum absolute atomic E-state index is 0.0813. The Hall–Kier alpha value is -1.00. The number of rotatable bonds is 7. The van der Waals surface area contributed by atoms with Crippen LogP contribution in [0.15, 0.2) is 30.3 Å². The average Bonchev–Trinajstić information content (AvgIpc) is 2.36. The quantitative estimate of drug-likeness (QED) is 0.729. The first-order valence-corrected chi connectivity index (χ1v) is 7.10. The number of aryl methyl sites for hydroxylation is 1. The van der Waals surface area contributed by atoms with Crippen LogP contribution in [0, 0.1) is 0 Å². The van der Waals surface area contributed by atoms with Gasteiger partial charge in [0.25, 0.3) is 0 Å². The van der Waals surface area contributed by atoms with E-state index in [4.69, 9.17) is 0 Å². The smallest absolute Gasteiger partial charge is 0.237 e. The third-order valence-corrected chi connectivity index (χ3v) is 3.01. The maximum atomic E-state index is 11.8. The van der Waals surface area contributed by atoms with Crippen molar-refractivity contribution in [1.29, 1.82) is 0 Å². The number of hydrogen-bond acceptors (Lipinski definition) is 3. The van der Waals surface area contributed by atoms with Gasteiger partial charge in [-0.2, -0.15) is 0 Å². The summed E-state index contributed by atoms with van der Waals surface area (Å²) in [5, 5.41) is 2.85. The van der Waals surface area contributed by atoms with Gasteiger partial charge in [-0.1, -0.05) is 42.3 Å². The predicted molar refractivity (Wildman–Crippen MR) is 73.9 cm³/mol. The summed E-state index contributed by atoms with van der Waals surface area (Å²) in [5.74, 6) is 0.0813. The number of amides is 1. The summed E-state index contributed by atoms with van der Waals surface area (Å²) in [6, 6.07) is 10.1. The van der Waals surface area contributed by atoms with Crippen molar-refractivity contribution in [2.75, 3.05) is 12.8 Å². The van der Waals surface area contributed by atoms with E-state index in [-0.39, 0.29) is 11.9 Å². The molecule has 94 valence electrons. The molecule has 1 rings (SSSR count). The van der Waals surface area contributed by atoms with Gasteiger partial charge in [0.1, 0.15) is 0 Å². The number of nitrogens with one attached hydrogen (secondary N) is 2. The molecule has 0 aliphatic rings. The molecule has 0 bridgehead atoms. The zero-order chi connectivity index (χ0) is 12.5. The molecule has 0 fully saturated rings. The van der Waals surface area contributed by atoms with Crippen LogP contribution in [0.1, 0.15) is 18.9 Å². The highest BCUT2D eigenvalue weighted by molar-refractivity contribution is 7.96. The highest BCUT2D eigenvalue weighted by atomic mass is 32.2. The molecule has 0 heterocycles.